The van der Waals surface area contributed by atoms with Crippen molar-refractivity contribution in [1.29, 1.82) is 0 Å². The lowest BCUT2D eigenvalue weighted by Crippen LogP contribution is -2.24. The molecule has 0 amide bonds. The number of aryl methyl sites for hydroxylation is 1. The highest BCUT2D eigenvalue weighted by atomic mass is 15.2. The fraction of sp³-hybridized carbons (Fsp3) is 0.600. The second-order valence-corrected chi connectivity index (χ2v) is 3.72. The van der Waals surface area contributed by atoms with Crippen molar-refractivity contribution in [2.24, 2.45) is 0 Å². The monoisotopic (exact) mass is 192 g/mol. The SMILES string of the molecule is Cc1ccc(NCCNC2CC2)nn1. The molecule has 1 aromatic heterocycles. The summed E-state index contributed by atoms with van der Waals surface area (Å²) >= 11 is 0. The first-order valence-electron chi connectivity index (χ1n) is 5.12. The molecular formula is C10H16N4. The molecule has 1 aliphatic carbocycles. The van der Waals surface area contributed by atoms with Crippen molar-refractivity contribution in [2.45, 2.75) is 25.8 Å². The topological polar surface area (TPSA) is 49.8 Å². The van der Waals surface area contributed by atoms with E-state index < -0.39 is 0 Å². The highest BCUT2D eigenvalue weighted by molar-refractivity contribution is 5.32. The van der Waals surface area contributed by atoms with Gasteiger partial charge in [-0.15, -0.1) is 5.10 Å². The maximum atomic E-state index is 4.02. The van der Waals surface area contributed by atoms with E-state index in [1.165, 1.54) is 12.8 Å². The third kappa shape index (κ3) is 2.96. The Kier molecular flexibility index (Phi) is 2.93. The molecule has 1 aliphatic rings. The van der Waals surface area contributed by atoms with Gasteiger partial charge in [0.25, 0.3) is 0 Å². The van der Waals surface area contributed by atoms with E-state index in [1.807, 2.05) is 19.1 Å². The molecule has 0 saturated heterocycles. The number of aromatic nitrogens is 2. The van der Waals surface area contributed by atoms with E-state index in [-0.39, 0.29) is 0 Å². The van der Waals surface area contributed by atoms with E-state index in [2.05, 4.69) is 20.8 Å². The Morgan fingerprint density at radius 3 is 2.79 bits per heavy atom. The van der Waals surface area contributed by atoms with E-state index in [0.717, 1.165) is 30.6 Å². The zero-order valence-electron chi connectivity index (χ0n) is 8.45. The van der Waals surface area contributed by atoms with Crippen molar-refractivity contribution in [3.8, 4) is 0 Å². The molecule has 1 saturated carbocycles. The van der Waals surface area contributed by atoms with Crippen molar-refractivity contribution >= 4 is 5.82 Å². The van der Waals surface area contributed by atoms with Gasteiger partial charge in [-0.25, -0.2) is 0 Å². The maximum absolute atomic E-state index is 4.02. The molecule has 0 aliphatic heterocycles. The number of anilines is 1. The first-order valence-corrected chi connectivity index (χ1v) is 5.12. The summed E-state index contributed by atoms with van der Waals surface area (Å²) in [5, 5.41) is 14.6. The lowest BCUT2D eigenvalue weighted by atomic mass is 10.4. The van der Waals surface area contributed by atoms with Gasteiger partial charge in [-0.3, -0.25) is 0 Å². The molecule has 0 bridgehead atoms. The summed E-state index contributed by atoms with van der Waals surface area (Å²) in [6.07, 6.45) is 2.68. The minimum atomic E-state index is 0.779. The maximum Gasteiger partial charge on any atom is 0.148 e. The molecule has 1 aromatic rings. The molecule has 14 heavy (non-hydrogen) atoms. The van der Waals surface area contributed by atoms with Crippen LogP contribution in [-0.4, -0.2) is 29.3 Å². The van der Waals surface area contributed by atoms with Crippen LogP contribution in [0.2, 0.25) is 0 Å². The molecule has 2 N–H and O–H groups in total. The van der Waals surface area contributed by atoms with Crippen LogP contribution in [0.3, 0.4) is 0 Å². The predicted molar refractivity (Wildman–Crippen MR) is 56.3 cm³/mol. The summed E-state index contributed by atoms with van der Waals surface area (Å²) in [7, 11) is 0. The van der Waals surface area contributed by atoms with Gasteiger partial charge in [-0.2, -0.15) is 5.10 Å². The fourth-order valence-electron chi connectivity index (χ4n) is 1.25. The van der Waals surface area contributed by atoms with E-state index >= 15 is 0 Å². The molecule has 4 nitrogen and oxygen atoms in total. The smallest absolute Gasteiger partial charge is 0.148 e. The number of nitrogens with one attached hydrogen (secondary N) is 2. The molecular weight excluding hydrogens is 176 g/mol. The predicted octanol–water partition coefficient (Wildman–Crippen LogP) is 0.949. The number of hydrogen-bond acceptors (Lipinski definition) is 4. The van der Waals surface area contributed by atoms with Crippen LogP contribution in [0.1, 0.15) is 18.5 Å². The Labute approximate surface area is 84.1 Å². The van der Waals surface area contributed by atoms with Gasteiger partial charge in [0.05, 0.1) is 5.69 Å². The molecule has 2 rings (SSSR count). The average Bonchev–Trinajstić information content (AvgIpc) is 2.99. The minimum Gasteiger partial charge on any atom is -0.367 e. The number of hydrogen-bond donors (Lipinski definition) is 2. The van der Waals surface area contributed by atoms with Crippen molar-refractivity contribution in [1.82, 2.24) is 15.5 Å². The van der Waals surface area contributed by atoms with Crippen LogP contribution in [-0.2, 0) is 0 Å². The average molecular weight is 192 g/mol. The lowest BCUT2D eigenvalue weighted by Gasteiger charge is -2.05. The lowest BCUT2D eigenvalue weighted by molar-refractivity contribution is 0.700. The summed E-state index contributed by atoms with van der Waals surface area (Å²) in [5.41, 5.74) is 0.951. The standard InChI is InChI=1S/C10H16N4/c1-8-2-5-10(14-13-8)12-7-6-11-9-3-4-9/h2,5,9,11H,3-4,6-7H2,1H3,(H,12,14). The van der Waals surface area contributed by atoms with Gasteiger partial charge in [0.2, 0.25) is 0 Å². The normalized spacial score (nSPS) is 15.5. The third-order valence-corrected chi connectivity index (χ3v) is 2.24. The van der Waals surface area contributed by atoms with E-state index in [0.29, 0.717) is 0 Å². The molecule has 0 aromatic carbocycles. The first kappa shape index (κ1) is 9.40. The van der Waals surface area contributed by atoms with Gasteiger partial charge in [0.1, 0.15) is 5.82 Å². The van der Waals surface area contributed by atoms with E-state index in [4.69, 9.17) is 0 Å². The molecule has 0 atom stereocenters. The first-order chi connectivity index (χ1) is 6.84. The van der Waals surface area contributed by atoms with Crippen LogP contribution >= 0.6 is 0 Å². The Morgan fingerprint density at radius 2 is 2.14 bits per heavy atom. The molecule has 0 unspecified atom stereocenters. The quantitative estimate of drug-likeness (QED) is 0.682. The van der Waals surface area contributed by atoms with Crippen LogP contribution in [0, 0.1) is 6.92 Å². The second kappa shape index (κ2) is 4.37. The molecule has 0 spiro atoms. The summed E-state index contributed by atoms with van der Waals surface area (Å²) in [6.45, 7) is 3.85. The van der Waals surface area contributed by atoms with Crippen molar-refractivity contribution < 1.29 is 0 Å². The molecule has 76 valence electrons. The Morgan fingerprint density at radius 1 is 1.29 bits per heavy atom. The zero-order chi connectivity index (χ0) is 9.80. The van der Waals surface area contributed by atoms with Crippen molar-refractivity contribution in [3.63, 3.8) is 0 Å². The van der Waals surface area contributed by atoms with Crippen molar-refractivity contribution in [2.75, 3.05) is 18.4 Å². The molecule has 0 radical (unpaired) electrons. The fourth-order valence-corrected chi connectivity index (χ4v) is 1.25. The Balaban J connectivity index is 1.66. The summed E-state index contributed by atoms with van der Waals surface area (Å²) in [5.74, 6) is 0.855. The second-order valence-electron chi connectivity index (χ2n) is 3.72. The van der Waals surface area contributed by atoms with Gasteiger partial charge < -0.3 is 10.6 Å². The van der Waals surface area contributed by atoms with Crippen LogP contribution < -0.4 is 10.6 Å². The largest absolute Gasteiger partial charge is 0.367 e. The van der Waals surface area contributed by atoms with Gasteiger partial charge in [0, 0.05) is 19.1 Å². The number of nitrogens with zero attached hydrogens (tertiary/aromatic N) is 2. The van der Waals surface area contributed by atoms with Crippen molar-refractivity contribution in [3.05, 3.63) is 17.8 Å². The Bertz CT molecular complexity index is 279. The highest BCUT2D eigenvalue weighted by Crippen LogP contribution is 2.17. The van der Waals surface area contributed by atoms with Crippen LogP contribution in [0.15, 0.2) is 12.1 Å². The summed E-state index contributed by atoms with van der Waals surface area (Å²) in [6, 6.07) is 4.70. The van der Waals surface area contributed by atoms with E-state index in [1.54, 1.807) is 0 Å². The summed E-state index contributed by atoms with van der Waals surface area (Å²) in [4.78, 5) is 0. The van der Waals surface area contributed by atoms with Gasteiger partial charge >= 0.3 is 0 Å². The summed E-state index contributed by atoms with van der Waals surface area (Å²) < 4.78 is 0. The molecule has 1 heterocycles. The highest BCUT2D eigenvalue weighted by Gasteiger charge is 2.19. The zero-order valence-corrected chi connectivity index (χ0v) is 8.45. The van der Waals surface area contributed by atoms with Crippen LogP contribution in [0.25, 0.3) is 0 Å². The minimum absolute atomic E-state index is 0.779. The van der Waals surface area contributed by atoms with Crippen LogP contribution in [0.4, 0.5) is 5.82 Å². The molecule has 4 heteroatoms. The third-order valence-electron chi connectivity index (χ3n) is 2.24. The van der Waals surface area contributed by atoms with Gasteiger partial charge in [0.15, 0.2) is 0 Å². The van der Waals surface area contributed by atoms with Gasteiger partial charge in [-0.05, 0) is 31.9 Å². The van der Waals surface area contributed by atoms with Gasteiger partial charge in [-0.1, -0.05) is 0 Å². The van der Waals surface area contributed by atoms with Crippen LogP contribution in [0.5, 0.6) is 0 Å². The Hall–Kier alpha value is -1.16. The van der Waals surface area contributed by atoms with E-state index in [9.17, 15) is 0 Å². The molecule has 1 fully saturated rings. The number of rotatable bonds is 5.